The minimum absolute atomic E-state index is 1.42. The van der Waals surface area contributed by atoms with E-state index in [0.717, 1.165) is 0 Å². The summed E-state index contributed by atoms with van der Waals surface area (Å²) in [4.78, 5) is 0. The Labute approximate surface area is 56.0 Å². The lowest BCUT2D eigenvalue weighted by Gasteiger charge is -2.05. The molecule has 0 atom stereocenters. The van der Waals surface area contributed by atoms with Gasteiger partial charge in [-0.15, -0.1) is 0 Å². The molecule has 1 fully saturated rings. The Morgan fingerprint density at radius 1 is 0.625 bits per heavy atom. The van der Waals surface area contributed by atoms with E-state index in [0.29, 0.717) is 0 Å². The van der Waals surface area contributed by atoms with Gasteiger partial charge in [0.25, 0.3) is 0 Å². The van der Waals surface area contributed by atoms with Crippen molar-refractivity contribution in [2.45, 2.75) is 32.1 Å². The molecule has 0 bridgehead atoms. The molecular formula is C7H14S. The van der Waals surface area contributed by atoms with Crippen LogP contribution in [0.15, 0.2) is 0 Å². The molecule has 0 nitrogen and oxygen atoms in total. The summed E-state index contributed by atoms with van der Waals surface area (Å²) in [6.07, 6.45) is 7.37. The lowest BCUT2D eigenvalue weighted by molar-refractivity contribution is 0.653. The van der Waals surface area contributed by atoms with Crippen LogP contribution >= 0.6 is 11.8 Å². The Bertz CT molecular complexity index is 28.3. The van der Waals surface area contributed by atoms with Crippen molar-refractivity contribution in [3.8, 4) is 0 Å². The van der Waals surface area contributed by atoms with E-state index in [-0.39, 0.29) is 0 Å². The van der Waals surface area contributed by atoms with Crippen LogP contribution in [0.5, 0.6) is 0 Å². The molecule has 0 unspecified atom stereocenters. The number of thioether (sulfide) groups is 1. The highest BCUT2D eigenvalue weighted by Crippen LogP contribution is 2.15. The third-order valence-electron chi connectivity index (χ3n) is 1.58. The van der Waals surface area contributed by atoms with Gasteiger partial charge in [0.05, 0.1) is 0 Å². The van der Waals surface area contributed by atoms with Crippen LogP contribution in [-0.4, -0.2) is 11.5 Å². The van der Waals surface area contributed by atoms with E-state index >= 15 is 0 Å². The Balaban J connectivity index is 2.00. The van der Waals surface area contributed by atoms with Gasteiger partial charge in [-0.25, -0.2) is 0 Å². The lowest BCUT2D eigenvalue weighted by Crippen LogP contribution is -1.90. The molecule has 0 spiro atoms. The standard InChI is InChI=1S/C7H14S/c1-2-4-6-8-7-5-3-1/h1-7H2. The molecule has 0 aromatic rings. The maximum atomic E-state index is 2.13. The van der Waals surface area contributed by atoms with Crippen molar-refractivity contribution in [3.63, 3.8) is 0 Å². The molecule has 0 saturated carbocycles. The Hall–Kier alpha value is 0.350. The second kappa shape index (κ2) is 4.25. The van der Waals surface area contributed by atoms with Gasteiger partial charge in [0.1, 0.15) is 0 Å². The predicted octanol–water partition coefficient (Wildman–Crippen LogP) is 2.68. The maximum Gasteiger partial charge on any atom is -0.00675 e. The SMILES string of the molecule is C1CCCSCCC1. The number of rotatable bonds is 0. The maximum absolute atomic E-state index is 2.13. The smallest absolute Gasteiger partial charge is 0.00675 e. The lowest BCUT2D eigenvalue weighted by atomic mass is 10.2. The van der Waals surface area contributed by atoms with Gasteiger partial charge in [0, 0.05) is 0 Å². The summed E-state index contributed by atoms with van der Waals surface area (Å²) in [7, 11) is 0. The van der Waals surface area contributed by atoms with Crippen LogP contribution in [0.1, 0.15) is 32.1 Å². The minimum Gasteiger partial charge on any atom is -0.162 e. The Morgan fingerprint density at radius 3 is 1.75 bits per heavy atom. The summed E-state index contributed by atoms with van der Waals surface area (Å²) in [5.74, 6) is 2.83. The van der Waals surface area contributed by atoms with Gasteiger partial charge in [-0.1, -0.05) is 19.3 Å². The molecular weight excluding hydrogens is 116 g/mol. The average molecular weight is 130 g/mol. The third-order valence-corrected chi connectivity index (χ3v) is 2.73. The van der Waals surface area contributed by atoms with E-state index in [1.54, 1.807) is 0 Å². The first-order valence-electron chi connectivity index (χ1n) is 3.58. The van der Waals surface area contributed by atoms with Crippen molar-refractivity contribution in [2.75, 3.05) is 11.5 Å². The van der Waals surface area contributed by atoms with Gasteiger partial charge < -0.3 is 0 Å². The highest BCUT2D eigenvalue weighted by atomic mass is 32.2. The Kier molecular flexibility index (Phi) is 3.44. The molecule has 0 aliphatic carbocycles. The monoisotopic (exact) mass is 130 g/mol. The first-order chi connectivity index (χ1) is 4.00. The largest absolute Gasteiger partial charge is 0.162 e. The summed E-state index contributed by atoms with van der Waals surface area (Å²) < 4.78 is 0. The van der Waals surface area contributed by atoms with Gasteiger partial charge in [0.15, 0.2) is 0 Å². The van der Waals surface area contributed by atoms with E-state index in [9.17, 15) is 0 Å². The molecule has 8 heavy (non-hydrogen) atoms. The molecule has 1 saturated heterocycles. The fourth-order valence-electron chi connectivity index (χ4n) is 1.04. The first-order valence-corrected chi connectivity index (χ1v) is 4.73. The zero-order valence-electron chi connectivity index (χ0n) is 5.36. The summed E-state index contributed by atoms with van der Waals surface area (Å²) in [6.45, 7) is 0. The minimum atomic E-state index is 1.42. The van der Waals surface area contributed by atoms with Crippen molar-refractivity contribution in [1.82, 2.24) is 0 Å². The first kappa shape index (κ1) is 6.47. The highest BCUT2D eigenvalue weighted by molar-refractivity contribution is 7.99. The molecule has 0 aromatic heterocycles. The summed E-state index contributed by atoms with van der Waals surface area (Å²) >= 11 is 2.13. The van der Waals surface area contributed by atoms with Gasteiger partial charge in [-0.3, -0.25) is 0 Å². The van der Waals surface area contributed by atoms with E-state index in [4.69, 9.17) is 0 Å². The second-order valence-corrected chi connectivity index (χ2v) is 3.60. The molecule has 0 N–H and O–H groups in total. The van der Waals surface area contributed by atoms with Crippen LogP contribution in [0.4, 0.5) is 0 Å². The van der Waals surface area contributed by atoms with E-state index < -0.39 is 0 Å². The van der Waals surface area contributed by atoms with E-state index in [2.05, 4.69) is 11.8 Å². The fourth-order valence-corrected chi connectivity index (χ4v) is 2.06. The van der Waals surface area contributed by atoms with Crippen molar-refractivity contribution in [3.05, 3.63) is 0 Å². The fraction of sp³-hybridized carbons (Fsp3) is 1.00. The molecule has 1 aliphatic heterocycles. The molecule has 48 valence electrons. The highest BCUT2D eigenvalue weighted by Gasteiger charge is 1.95. The van der Waals surface area contributed by atoms with Crippen molar-refractivity contribution in [2.24, 2.45) is 0 Å². The number of hydrogen-bond acceptors (Lipinski definition) is 1. The van der Waals surface area contributed by atoms with E-state index in [1.165, 1.54) is 43.6 Å². The molecule has 0 aromatic carbocycles. The van der Waals surface area contributed by atoms with Gasteiger partial charge >= 0.3 is 0 Å². The third kappa shape index (κ3) is 2.61. The summed E-state index contributed by atoms with van der Waals surface area (Å²) in [5.41, 5.74) is 0. The topological polar surface area (TPSA) is 0 Å². The summed E-state index contributed by atoms with van der Waals surface area (Å²) in [5, 5.41) is 0. The van der Waals surface area contributed by atoms with Crippen LogP contribution in [0.2, 0.25) is 0 Å². The van der Waals surface area contributed by atoms with Crippen LogP contribution in [-0.2, 0) is 0 Å². The van der Waals surface area contributed by atoms with E-state index in [1.807, 2.05) is 0 Å². The van der Waals surface area contributed by atoms with Crippen molar-refractivity contribution in [1.29, 1.82) is 0 Å². The zero-order chi connectivity index (χ0) is 5.66. The molecule has 1 heterocycles. The van der Waals surface area contributed by atoms with Crippen LogP contribution in [0.25, 0.3) is 0 Å². The van der Waals surface area contributed by atoms with Gasteiger partial charge in [-0.2, -0.15) is 11.8 Å². The predicted molar refractivity (Wildman–Crippen MR) is 40.4 cm³/mol. The van der Waals surface area contributed by atoms with Crippen molar-refractivity contribution < 1.29 is 0 Å². The van der Waals surface area contributed by atoms with Crippen LogP contribution < -0.4 is 0 Å². The molecule has 1 heteroatoms. The zero-order valence-corrected chi connectivity index (χ0v) is 6.17. The number of hydrogen-bond donors (Lipinski definition) is 0. The summed E-state index contributed by atoms with van der Waals surface area (Å²) in [6, 6.07) is 0. The average Bonchev–Trinajstić information content (AvgIpc) is 1.62. The normalized spacial score (nSPS) is 24.0. The molecule has 0 radical (unpaired) electrons. The van der Waals surface area contributed by atoms with Crippen LogP contribution in [0, 0.1) is 0 Å². The Morgan fingerprint density at radius 2 is 1.12 bits per heavy atom. The second-order valence-electron chi connectivity index (χ2n) is 2.38. The molecule has 1 rings (SSSR count). The molecule has 0 amide bonds. The molecule has 1 aliphatic rings. The van der Waals surface area contributed by atoms with Crippen molar-refractivity contribution >= 4 is 11.8 Å². The quantitative estimate of drug-likeness (QED) is 0.486. The van der Waals surface area contributed by atoms with Gasteiger partial charge in [0.2, 0.25) is 0 Å². The van der Waals surface area contributed by atoms with Gasteiger partial charge in [-0.05, 0) is 24.3 Å². The van der Waals surface area contributed by atoms with Crippen LogP contribution in [0.3, 0.4) is 0 Å².